The lowest BCUT2D eigenvalue weighted by molar-refractivity contribution is -0.120. The molecule has 6 nitrogen and oxygen atoms in total. The van der Waals surface area contributed by atoms with E-state index in [9.17, 15) is 4.79 Å². The van der Waals surface area contributed by atoms with Gasteiger partial charge in [0, 0.05) is 13.6 Å². The average molecular weight is 364 g/mol. The number of likely N-dealkylation sites (N-methyl/N-ethyl adjacent to an activating group) is 1. The van der Waals surface area contributed by atoms with E-state index in [-0.39, 0.29) is 36.4 Å². The number of nitrogens with one attached hydrogen (secondary N) is 2. The monoisotopic (exact) mass is 364 g/mol. The molecule has 0 bridgehead atoms. The maximum Gasteiger partial charge on any atom is 0.239 e. The minimum Gasteiger partial charge on any atom is -0.467 e. The molecule has 0 saturated carbocycles. The number of halogens is 1. The molecular weight excluding hydrogens is 347 g/mol. The van der Waals surface area contributed by atoms with Crippen molar-refractivity contribution in [3.63, 3.8) is 0 Å². The molecule has 0 atom stereocenters. The van der Waals surface area contributed by atoms with Gasteiger partial charge >= 0.3 is 0 Å². The Labute approximate surface area is 123 Å². The fourth-order valence-corrected chi connectivity index (χ4v) is 1.54. The van der Waals surface area contributed by atoms with Crippen LogP contribution in [-0.2, 0) is 11.3 Å². The van der Waals surface area contributed by atoms with Crippen LogP contribution in [-0.4, -0.2) is 43.4 Å². The second-order valence-corrected chi connectivity index (χ2v) is 3.84. The van der Waals surface area contributed by atoms with Crippen LogP contribution in [0.1, 0.15) is 5.76 Å². The molecule has 2 heterocycles. The van der Waals surface area contributed by atoms with Crippen LogP contribution in [0.15, 0.2) is 27.8 Å². The SMILES string of the molecule is CN1CCN=C1NCC(=O)NCc1ccco1.I. The molecule has 1 aliphatic rings. The highest BCUT2D eigenvalue weighted by molar-refractivity contribution is 14.0. The first-order valence-electron chi connectivity index (χ1n) is 5.54. The third-order valence-corrected chi connectivity index (χ3v) is 2.51. The van der Waals surface area contributed by atoms with Crippen molar-refractivity contribution in [3.8, 4) is 0 Å². The number of carbonyl (C=O) groups excluding carboxylic acids is 1. The molecule has 18 heavy (non-hydrogen) atoms. The third kappa shape index (κ3) is 4.21. The van der Waals surface area contributed by atoms with E-state index >= 15 is 0 Å². The minimum atomic E-state index is -0.0793. The van der Waals surface area contributed by atoms with Crippen LogP contribution in [0.3, 0.4) is 0 Å². The van der Waals surface area contributed by atoms with Crippen molar-refractivity contribution in [2.75, 3.05) is 26.7 Å². The Hall–Kier alpha value is -1.25. The molecule has 1 aliphatic heterocycles. The topological polar surface area (TPSA) is 69.9 Å². The predicted octanol–water partition coefficient (Wildman–Crippen LogP) is 0.405. The fraction of sp³-hybridized carbons (Fsp3) is 0.455. The molecular formula is C11H17IN4O2. The van der Waals surface area contributed by atoms with Crippen LogP contribution < -0.4 is 10.6 Å². The normalized spacial score (nSPS) is 13.8. The van der Waals surface area contributed by atoms with Crippen LogP contribution in [0.25, 0.3) is 0 Å². The van der Waals surface area contributed by atoms with Crippen molar-refractivity contribution >= 4 is 35.8 Å². The first-order valence-corrected chi connectivity index (χ1v) is 5.54. The van der Waals surface area contributed by atoms with Crippen molar-refractivity contribution < 1.29 is 9.21 Å². The van der Waals surface area contributed by atoms with Crippen LogP contribution in [0.2, 0.25) is 0 Å². The molecule has 100 valence electrons. The Morgan fingerprint density at radius 1 is 1.61 bits per heavy atom. The zero-order valence-corrected chi connectivity index (χ0v) is 12.5. The molecule has 0 saturated heterocycles. The van der Waals surface area contributed by atoms with Gasteiger partial charge in [-0.3, -0.25) is 9.79 Å². The number of hydrogen-bond donors (Lipinski definition) is 2. The highest BCUT2D eigenvalue weighted by atomic mass is 127. The summed E-state index contributed by atoms with van der Waals surface area (Å²) < 4.78 is 5.11. The Morgan fingerprint density at radius 3 is 3.06 bits per heavy atom. The number of furan rings is 1. The lowest BCUT2D eigenvalue weighted by Gasteiger charge is -2.14. The summed E-state index contributed by atoms with van der Waals surface area (Å²) in [4.78, 5) is 17.7. The summed E-state index contributed by atoms with van der Waals surface area (Å²) in [6.45, 7) is 2.32. The van der Waals surface area contributed by atoms with E-state index in [2.05, 4.69) is 15.6 Å². The van der Waals surface area contributed by atoms with Gasteiger partial charge in [0.1, 0.15) is 5.76 Å². The van der Waals surface area contributed by atoms with Crippen LogP contribution in [0.5, 0.6) is 0 Å². The van der Waals surface area contributed by atoms with Gasteiger partial charge in [-0.05, 0) is 12.1 Å². The van der Waals surface area contributed by atoms with Gasteiger partial charge in [0.15, 0.2) is 5.96 Å². The van der Waals surface area contributed by atoms with E-state index in [1.807, 2.05) is 18.0 Å². The molecule has 2 rings (SSSR count). The van der Waals surface area contributed by atoms with Crippen molar-refractivity contribution in [1.82, 2.24) is 15.5 Å². The largest absolute Gasteiger partial charge is 0.467 e. The van der Waals surface area contributed by atoms with E-state index in [1.165, 1.54) is 0 Å². The molecule has 0 aromatic carbocycles. The molecule has 0 aliphatic carbocycles. The molecule has 2 N–H and O–H groups in total. The summed E-state index contributed by atoms with van der Waals surface area (Å²) in [5, 5.41) is 5.75. The first-order chi connectivity index (χ1) is 8.25. The van der Waals surface area contributed by atoms with Gasteiger partial charge in [-0.2, -0.15) is 0 Å². The summed E-state index contributed by atoms with van der Waals surface area (Å²) >= 11 is 0. The number of guanidine groups is 1. The van der Waals surface area contributed by atoms with Gasteiger partial charge in [0.05, 0.1) is 25.9 Å². The number of carbonyl (C=O) groups is 1. The lowest BCUT2D eigenvalue weighted by Crippen LogP contribution is -2.41. The predicted molar refractivity (Wildman–Crippen MR) is 78.9 cm³/mol. The van der Waals surface area contributed by atoms with Gasteiger partial charge < -0.3 is 20.0 Å². The highest BCUT2D eigenvalue weighted by Gasteiger charge is 2.12. The Kier molecular flexibility index (Phi) is 5.96. The third-order valence-electron chi connectivity index (χ3n) is 2.51. The van der Waals surface area contributed by atoms with E-state index in [0.717, 1.165) is 24.8 Å². The molecule has 1 aromatic rings. The number of hydrogen-bond acceptors (Lipinski definition) is 5. The lowest BCUT2D eigenvalue weighted by atomic mass is 10.4. The Bertz CT molecular complexity index is 405. The summed E-state index contributed by atoms with van der Waals surface area (Å²) in [7, 11) is 1.94. The first kappa shape index (κ1) is 14.8. The summed E-state index contributed by atoms with van der Waals surface area (Å²) in [5.74, 6) is 1.44. The van der Waals surface area contributed by atoms with Gasteiger partial charge in [0.25, 0.3) is 0 Å². The fourth-order valence-electron chi connectivity index (χ4n) is 1.54. The smallest absolute Gasteiger partial charge is 0.239 e. The molecule has 1 aromatic heterocycles. The van der Waals surface area contributed by atoms with Gasteiger partial charge in [0.2, 0.25) is 5.91 Å². The average Bonchev–Trinajstić information content (AvgIpc) is 2.95. The second-order valence-electron chi connectivity index (χ2n) is 3.84. The second kappa shape index (κ2) is 7.24. The molecule has 0 fully saturated rings. The van der Waals surface area contributed by atoms with Gasteiger partial charge in [-0.1, -0.05) is 0 Å². The molecule has 1 amide bonds. The minimum absolute atomic E-state index is 0. The van der Waals surface area contributed by atoms with Crippen molar-refractivity contribution in [2.45, 2.75) is 6.54 Å². The number of nitrogens with zero attached hydrogens (tertiary/aromatic N) is 2. The summed E-state index contributed by atoms with van der Waals surface area (Å²) in [6.07, 6.45) is 1.59. The molecule has 0 radical (unpaired) electrons. The van der Waals surface area contributed by atoms with Crippen LogP contribution >= 0.6 is 24.0 Å². The van der Waals surface area contributed by atoms with Gasteiger partial charge in [-0.25, -0.2) is 0 Å². The van der Waals surface area contributed by atoms with Crippen molar-refractivity contribution in [1.29, 1.82) is 0 Å². The van der Waals surface area contributed by atoms with E-state index in [1.54, 1.807) is 12.3 Å². The Morgan fingerprint density at radius 2 is 2.44 bits per heavy atom. The zero-order valence-electron chi connectivity index (χ0n) is 10.2. The zero-order chi connectivity index (χ0) is 12.1. The van der Waals surface area contributed by atoms with Crippen LogP contribution in [0, 0.1) is 0 Å². The van der Waals surface area contributed by atoms with E-state index in [0.29, 0.717) is 6.54 Å². The number of rotatable bonds is 4. The van der Waals surface area contributed by atoms with E-state index in [4.69, 9.17) is 4.42 Å². The highest BCUT2D eigenvalue weighted by Crippen LogP contribution is 1.98. The molecule has 0 spiro atoms. The molecule has 7 heteroatoms. The standard InChI is InChI=1S/C11H16N4O2.HI/c1-15-5-4-12-11(15)14-8-10(16)13-7-9-3-2-6-17-9;/h2-3,6H,4-5,7-8H2,1H3,(H,12,14)(H,13,16);1H. The summed E-state index contributed by atoms with van der Waals surface area (Å²) in [5.41, 5.74) is 0. The molecule has 0 unspecified atom stereocenters. The van der Waals surface area contributed by atoms with Crippen molar-refractivity contribution in [2.24, 2.45) is 4.99 Å². The summed E-state index contributed by atoms with van der Waals surface area (Å²) in [6, 6.07) is 3.62. The quantitative estimate of drug-likeness (QED) is 0.760. The number of amides is 1. The van der Waals surface area contributed by atoms with Gasteiger partial charge in [-0.15, -0.1) is 24.0 Å². The number of aliphatic imine (C=N–C) groups is 1. The van der Waals surface area contributed by atoms with Crippen molar-refractivity contribution in [3.05, 3.63) is 24.2 Å². The Balaban J connectivity index is 0.00000162. The maximum atomic E-state index is 11.5. The van der Waals surface area contributed by atoms with Crippen LogP contribution in [0.4, 0.5) is 0 Å². The maximum absolute atomic E-state index is 11.5. The van der Waals surface area contributed by atoms with E-state index < -0.39 is 0 Å².